The highest BCUT2D eigenvalue weighted by Gasteiger charge is 2.28. The Morgan fingerprint density at radius 2 is 1.85 bits per heavy atom. The molecule has 0 unspecified atom stereocenters. The van der Waals surface area contributed by atoms with Gasteiger partial charge in [0.15, 0.2) is 5.15 Å². The molecule has 2 aromatic carbocycles. The number of nitrogens with two attached hydrogens (primary N) is 1. The zero-order chi connectivity index (χ0) is 28.4. The summed E-state index contributed by atoms with van der Waals surface area (Å²) in [7, 11) is 0. The third-order valence-electron chi connectivity index (χ3n) is 6.51. The van der Waals surface area contributed by atoms with Crippen molar-refractivity contribution in [3.63, 3.8) is 0 Å². The summed E-state index contributed by atoms with van der Waals surface area (Å²) in [5.74, 6) is 0.219. The normalized spacial score (nSPS) is 13.8. The number of H-pyrrole nitrogens is 1. The number of carboxylic acid groups (broad SMARTS) is 1. The number of carbonyl (C=O) groups is 2. The first-order valence-electron chi connectivity index (χ1n) is 12.0. The van der Waals surface area contributed by atoms with Crippen LogP contribution in [0.2, 0.25) is 10.2 Å². The Hall–Kier alpha value is -4.74. The van der Waals surface area contributed by atoms with Gasteiger partial charge in [-0.3, -0.25) is 14.4 Å². The van der Waals surface area contributed by atoms with Crippen molar-refractivity contribution >= 4 is 35.6 Å². The number of aromatic amines is 1. The number of imidazole rings is 1. The van der Waals surface area contributed by atoms with Crippen LogP contribution >= 0.6 is 23.2 Å². The number of aryl methyl sites for hydroxylation is 1. The molecule has 0 radical (unpaired) electrons. The summed E-state index contributed by atoms with van der Waals surface area (Å²) in [5.41, 5.74) is 10.4. The Kier molecular flexibility index (Phi) is 7.50. The number of carbonyl (C=O) groups excluding carboxylic acids is 1. The van der Waals surface area contributed by atoms with Crippen LogP contribution in [-0.2, 0) is 11.2 Å². The van der Waals surface area contributed by atoms with Crippen LogP contribution in [0.25, 0.3) is 28.1 Å². The van der Waals surface area contributed by atoms with Gasteiger partial charge in [-0.15, -0.1) is 5.10 Å². The van der Waals surface area contributed by atoms with Crippen LogP contribution in [-0.4, -0.2) is 47.0 Å². The Morgan fingerprint density at radius 3 is 2.52 bits per heavy atom. The Bertz CT molecular complexity index is 1780. The summed E-state index contributed by atoms with van der Waals surface area (Å²) in [6, 6.07) is 15.7. The predicted molar refractivity (Wildman–Crippen MR) is 149 cm³/mol. The molecule has 4 N–H and O–H groups in total. The van der Waals surface area contributed by atoms with Gasteiger partial charge in [-0.25, -0.2) is 9.67 Å². The average Bonchev–Trinajstić information content (AvgIpc) is 3.69. The minimum Gasteiger partial charge on any atom is -0.483 e. The monoisotopic (exact) mass is 577 g/mol. The van der Waals surface area contributed by atoms with Crippen molar-refractivity contribution < 1.29 is 14.7 Å². The molecule has 3 aromatic heterocycles. The lowest BCUT2D eigenvalue weighted by atomic mass is 10.0. The molecule has 1 aliphatic rings. The third-order valence-corrected chi connectivity index (χ3v) is 6.92. The number of nitrogens with one attached hydrogen (secondary N) is 1. The fraction of sp³-hybridized carbons (Fsp3) is 0.111. The lowest BCUT2D eigenvalue weighted by Crippen LogP contribution is -2.23. The van der Waals surface area contributed by atoms with Crippen LogP contribution < -0.4 is 11.3 Å². The maximum absolute atomic E-state index is 13.4. The number of halogens is 2. The first kappa shape index (κ1) is 26.9. The van der Waals surface area contributed by atoms with Crippen molar-refractivity contribution in [2.24, 2.45) is 5.73 Å². The Balaban J connectivity index is 0.00000103. The molecule has 0 saturated carbocycles. The van der Waals surface area contributed by atoms with E-state index in [2.05, 4.69) is 20.3 Å². The van der Waals surface area contributed by atoms with Crippen molar-refractivity contribution in [1.29, 1.82) is 0 Å². The van der Waals surface area contributed by atoms with Gasteiger partial charge in [0.25, 0.3) is 12.0 Å². The molecule has 5 aromatic rings. The van der Waals surface area contributed by atoms with E-state index < -0.39 is 5.91 Å². The number of hydrogen-bond donors (Lipinski definition) is 3. The number of aromatic nitrogens is 6. The van der Waals surface area contributed by atoms with Crippen molar-refractivity contribution in [3.05, 3.63) is 105 Å². The molecule has 6 rings (SSSR count). The second-order valence-corrected chi connectivity index (χ2v) is 9.70. The number of rotatable bonds is 5. The van der Waals surface area contributed by atoms with Gasteiger partial charge in [0.05, 0.1) is 29.8 Å². The quantitative estimate of drug-likeness (QED) is 0.264. The number of hydrogen-bond acceptors (Lipinski definition) is 6. The number of primary amides is 1. The van der Waals surface area contributed by atoms with Gasteiger partial charge in [-0.2, -0.15) is 0 Å². The summed E-state index contributed by atoms with van der Waals surface area (Å²) in [5, 5.41) is 15.6. The highest BCUT2D eigenvalue weighted by atomic mass is 35.5. The van der Waals surface area contributed by atoms with Crippen molar-refractivity contribution in [3.8, 4) is 28.1 Å². The molecule has 4 heterocycles. The topological polar surface area (TPSA) is 162 Å². The number of amides is 1. The van der Waals surface area contributed by atoms with Crippen molar-refractivity contribution in [2.45, 2.75) is 18.9 Å². The van der Waals surface area contributed by atoms with E-state index in [1.54, 1.807) is 52.0 Å². The standard InChI is InChI=1S/C26H19Cl2N7O2.CH2O2/c27-17-5-7-21(34-13-23(28)32-33-34)19(11-17)16-9-18-6-8-22(35(18)24(36)10-16)26-30-12-20(31-26)14-1-3-15(4-2-14)25(29)37;2-1-3/h1-5,7,9-13,22H,6,8H2,(H2,29,37)(H,30,31);1H,(H,2,3)/t22-;/m0./s1. The van der Waals surface area contributed by atoms with Crippen LogP contribution in [0, 0.1) is 0 Å². The van der Waals surface area contributed by atoms with Gasteiger partial charge in [-0.1, -0.05) is 40.5 Å². The molecule has 1 aliphatic heterocycles. The second kappa shape index (κ2) is 11.2. The smallest absolute Gasteiger partial charge is 0.290 e. The second-order valence-electron chi connectivity index (χ2n) is 8.87. The molecule has 13 heteroatoms. The van der Waals surface area contributed by atoms with E-state index in [1.165, 1.54) is 0 Å². The molecule has 0 aliphatic carbocycles. The zero-order valence-corrected chi connectivity index (χ0v) is 22.2. The third kappa shape index (κ3) is 5.24. The van der Waals surface area contributed by atoms with E-state index in [1.807, 2.05) is 24.3 Å². The number of pyridine rings is 1. The number of fused-ring (bicyclic) bond motifs is 1. The molecule has 1 amide bonds. The molecule has 40 heavy (non-hydrogen) atoms. The van der Waals surface area contributed by atoms with Gasteiger partial charge < -0.3 is 20.4 Å². The highest BCUT2D eigenvalue weighted by molar-refractivity contribution is 6.31. The van der Waals surface area contributed by atoms with E-state index in [0.29, 0.717) is 28.5 Å². The molecule has 202 valence electrons. The molecule has 11 nitrogen and oxygen atoms in total. The Labute approximate surface area is 236 Å². The highest BCUT2D eigenvalue weighted by Crippen LogP contribution is 2.34. The molecular formula is C27H21Cl2N7O4. The average molecular weight is 578 g/mol. The van der Waals surface area contributed by atoms with Crippen molar-refractivity contribution in [1.82, 2.24) is 29.5 Å². The minimum absolute atomic E-state index is 0.138. The minimum atomic E-state index is -0.479. The van der Waals surface area contributed by atoms with Crippen LogP contribution in [0.3, 0.4) is 0 Å². The van der Waals surface area contributed by atoms with Crippen LogP contribution in [0.1, 0.15) is 34.3 Å². The summed E-state index contributed by atoms with van der Waals surface area (Å²) < 4.78 is 3.33. The molecule has 0 spiro atoms. The van der Waals surface area contributed by atoms with E-state index in [-0.39, 0.29) is 23.2 Å². The van der Waals surface area contributed by atoms with Crippen molar-refractivity contribution in [2.75, 3.05) is 0 Å². The van der Waals surface area contributed by atoms with Gasteiger partial charge in [0.2, 0.25) is 5.91 Å². The van der Waals surface area contributed by atoms with E-state index in [4.69, 9.17) is 38.8 Å². The van der Waals surface area contributed by atoms with Gasteiger partial charge in [-0.05, 0) is 60.4 Å². The van der Waals surface area contributed by atoms with E-state index >= 15 is 0 Å². The Morgan fingerprint density at radius 1 is 1.10 bits per heavy atom. The first-order chi connectivity index (χ1) is 19.3. The SMILES string of the molecule is NC(=O)c1ccc(-c2cnc([C@@H]3CCc4cc(-c5cc(Cl)ccc5-n5cc(Cl)nn5)cc(=O)n43)[nH]2)cc1.O=CO. The van der Waals surface area contributed by atoms with Crippen LogP contribution in [0.15, 0.2) is 71.8 Å². The van der Waals surface area contributed by atoms with E-state index in [9.17, 15) is 9.59 Å². The van der Waals surface area contributed by atoms with Gasteiger partial charge >= 0.3 is 0 Å². The van der Waals surface area contributed by atoms with E-state index in [0.717, 1.165) is 34.5 Å². The summed E-state index contributed by atoms with van der Waals surface area (Å²) >= 11 is 12.3. The molecule has 0 bridgehead atoms. The largest absolute Gasteiger partial charge is 0.483 e. The maximum atomic E-state index is 13.4. The molecule has 0 fully saturated rings. The zero-order valence-electron chi connectivity index (χ0n) is 20.7. The molecule has 1 atom stereocenters. The predicted octanol–water partition coefficient (Wildman–Crippen LogP) is 4.13. The van der Waals surface area contributed by atoms with Gasteiger partial charge in [0, 0.05) is 27.9 Å². The number of nitrogens with zero attached hydrogens (tertiary/aromatic N) is 5. The summed E-state index contributed by atoms with van der Waals surface area (Å²) in [4.78, 5) is 41.0. The molecule has 0 saturated heterocycles. The summed E-state index contributed by atoms with van der Waals surface area (Å²) in [6.07, 6.45) is 4.77. The lowest BCUT2D eigenvalue weighted by Gasteiger charge is -2.15. The van der Waals surface area contributed by atoms with Crippen LogP contribution in [0.5, 0.6) is 0 Å². The maximum Gasteiger partial charge on any atom is 0.290 e. The first-order valence-corrected chi connectivity index (χ1v) is 12.7. The fourth-order valence-corrected chi connectivity index (χ4v) is 5.07. The fourth-order valence-electron chi connectivity index (χ4n) is 4.78. The molecular weight excluding hydrogens is 557 g/mol. The lowest BCUT2D eigenvalue weighted by molar-refractivity contribution is -0.122. The van der Waals surface area contributed by atoms with Crippen LogP contribution in [0.4, 0.5) is 0 Å². The number of benzene rings is 2. The summed E-state index contributed by atoms with van der Waals surface area (Å²) in [6.45, 7) is -0.250. The van der Waals surface area contributed by atoms with Gasteiger partial charge in [0.1, 0.15) is 5.82 Å².